The van der Waals surface area contributed by atoms with Crippen LogP contribution < -0.4 is 20.1 Å². The van der Waals surface area contributed by atoms with Crippen molar-refractivity contribution in [3.8, 4) is 5.88 Å². The molecule has 59 heavy (non-hydrogen) atoms. The van der Waals surface area contributed by atoms with Gasteiger partial charge in [-0.05, 0) is 63.0 Å². The van der Waals surface area contributed by atoms with Gasteiger partial charge < -0.3 is 25.2 Å². The molecule has 1 aromatic heterocycles. The molecule has 0 unspecified atom stereocenters. The summed E-state index contributed by atoms with van der Waals surface area (Å²) in [5.74, 6) is -5.33. The van der Waals surface area contributed by atoms with Gasteiger partial charge in [-0.3, -0.25) is 23.9 Å². The van der Waals surface area contributed by atoms with E-state index in [0.717, 1.165) is 0 Å². The van der Waals surface area contributed by atoms with Gasteiger partial charge in [0.2, 0.25) is 33.4 Å². The Labute approximate surface area is 340 Å². The highest BCUT2D eigenvalue weighted by Gasteiger charge is 2.62. The number of ketones is 1. The van der Waals surface area contributed by atoms with Crippen LogP contribution in [0.25, 0.3) is 11.0 Å². The number of carbonyl (C=O) groups excluding carboxylic acids is 5. The number of nitrogens with zero attached hydrogens (tertiary/aromatic N) is 4. The minimum Gasteiger partial charge on any atom is -0.471 e. The molecule has 4 heterocycles. The number of halogens is 3. The number of hydrogen-bond donors (Lipinski definition) is 3. The molecule has 0 spiro atoms. The SMILES string of the molecule is CC(C)[C@@H](C(=O)C[C@H]1CCCCC/C=C\[C@@H]2C[C@@]2(C(=O)NS(=O)(=O)C2CC2)NC(=O)[C@@H]2C[C@@H](Oc3nc4ccccc4nc3C(F)(F)F)CN2C1=O)N1CCCNC1=O. The zero-order valence-electron chi connectivity index (χ0n) is 33.0. The highest BCUT2D eigenvalue weighted by atomic mass is 32.2. The third-order valence-corrected chi connectivity index (χ3v) is 13.7. The molecule has 15 nitrogen and oxygen atoms in total. The van der Waals surface area contributed by atoms with E-state index in [9.17, 15) is 45.6 Å². The Bertz CT molecular complexity index is 2130. The standard InChI is InChI=1S/C40H50F3N7O8S/c1-23(2)32(49-18-10-17-44-38(49)55)31(51)19-24-11-6-4-3-5-7-12-25-21-39(25,37(54)48-59(56,57)27-15-16-27)47-34(52)30-20-26(22-50(30)36(24)53)58-35-33(40(41,42)43)45-28-13-8-9-14-29(28)46-35/h7-9,12-14,23-27,30,32H,3-6,10-11,15-22H2,1-2H3,(H,44,55)(H,47,52)(H,48,54)/b12-7-/t24-,25-,26-,30+,32+,39-/m1/s1. The molecule has 3 N–H and O–H groups in total. The predicted molar refractivity (Wildman–Crippen MR) is 207 cm³/mol. The number of urea groups is 1. The summed E-state index contributed by atoms with van der Waals surface area (Å²) in [6.07, 6.45) is 1.19. The van der Waals surface area contributed by atoms with E-state index in [1.165, 1.54) is 28.0 Å². The number of allylic oxidation sites excluding steroid dienone is 1. The number of rotatable bonds is 10. The summed E-state index contributed by atoms with van der Waals surface area (Å²) in [7, 11) is -4.00. The van der Waals surface area contributed by atoms with E-state index in [-0.39, 0.29) is 61.0 Å². The molecule has 0 radical (unpaired) electrons. The molecule has 0 bridgehead atoms. The van der Waals surface area contributed by atoms with Crippen molar-refractivity contribution in [3.63, 3.8) is 0 Å². The number of alkyl halides is 3. The number of para-hydroxylation sites is 2. The number of nitrogens with one attached hydrogen (secondary N) is 3. The first kappa shape index (κ1) is 42.3. The fourth-order valence-electron chi connectivity index (χ4n) is 8.57. The Hall–Kier alpha value is -4.81. The topological polar surface area (TPSA) is 197 Å². The minimum atomic E-state index is -4.97. The van der Waals surface area contributed by atoms with Crippen molar-refractivity contribution in [3.05, 3.63) is 42.1 Å². The first-order valence-corrected chi connectivity index (χ1v) is 22.0. The van der Waals surface area contributed by atoms with Crippen LogP contribution in [0.1, 0.15) is 90.2 Å². The molecule has 7 rings (SSSR count). The first-order chi connectivity index (χ1) is 28.0. The summed E-state index contributed by atoms with van der Waals surface area (Å²) in [5, 5.41) is 4.81. The third-order valence-electron chi connectivity index (χ3n) is 11.9. The van der Waals surface area contributed by atoms with Crippen LogP contribution in [0.3, 0.4) is 0 Å². The lowest BCUT2D eigenvalue weighted by Gasteiger charge is -2.37. The molecule has 2 aliphatic carbocycles. The van der Waals surface area contributed by atoms with Gasteiger partial charge >= 0.3 is 12.2 Å². The molecule has 2 aromatic rings. The molecular formula is C40H50F3N7O8S. The van der Waals surface area contributed by atoms with Crippen LogP contribution >= 0.6 is 0 Å². The van der Waals surface area contributed by atoms with Crippen LogP contribution in [0.4, 0.5) is 18.0 Å². The molecule has 4 fully saturated rings. The molecule has 320 valence electrons. The van der Waals surface area contributed by atoms with Gasteiger partial charge in [-0.1, -0.05) is 51.0 Å². The van der Waals surface area contributed by atoms with E-state index in [2.05, 4.69) is 25.3 Å². The van der Waals surface area contributed by atoms with Gasteiger partial charge in [0.05, 0.1) is 28.9 Å². The Morgan fingerprint density at radius 1 is 1.03 bits per heavy atom. The fraction of sp³-hybridized carbons (Fsp3) is 0.625. The Morgan fingerprint density at radius 3 is 2.44 bits per heavy atom. The van der Waals surface area contributed by atoms with Gasteiger partial charge in [0.1, 0.15) is 17.7 Å². The molecule has 2 saturated carbocycles. The number of amides is 5. The van der Waals surface area contributed by atoms with Crippen molar-refractivity contribution >= 4 is 50.6 Å². The number of benzene rings is 1. The van der Waals surface area contributed by atoms with Crippen molar-refractivity contribution in [2.24, 2.45) is 17.8 Å². The first-order valence-electron chi connectivity index (χ1n) is 20.4. The summed E-state index contributed by atoms with van der Waals surface area (Å²) in [4.78, 5) is 80.7. The van der Waals surface area contributed by atoms with Crippen molar-refractivity contribution < 1.29 is 50.3 Å². The molecule has 5 amide bonds. The third kappa shape index (κ3) is 9.18. The molecule has 5 aliphatic rings. The maximum atomic E-state index is 14.8. The number of ether oxygens (including phenoxy) is 1. The maximum Gasteiger partial charge on any atom is 0.438 e. The monoisotopic (exact) mass is 845 g/mol. The number of hydrogen-bond acceptors (Lipinski definition) is 10. The Morgan fingerprint density at radius 2 is 1.76 bits per heavy atom. The second-order valence-corrected chi connectivity index (χ2v) is 18.7. The van der Waals surface area contributed by atoms with Gasteiger partial charge in [0.25, 0.3) is 5.91 Å². The van der Waals surface area contributed by atoms with Crippen molar-refractivity contribution in [1.82, 2.24) is 35.1 Å². The van der Waals surface area contributed by atoms with Crippen molar-refractivity contribution in [2.45, 2.75) is 120 Å². The van der Waals surface area contributed by atoms with E-state index < -0.39 is 86.3 Å². The highest BCUT2D eigenvalue weighted by Crippen LogP contribution is 2.46. The van der Waals surface area contributed by atoms with E-state index in [1.54, 1.807) is 12.1 Å². The second kappa shape index (κ2) is 16.7. The van der Waals surface area contributed by atoms with Gasteiger partial charge in [0, 0.05) is 37.8 Å². The average Bonchev–Trinajstić information content (AvgIpc) is 4.10. The van der Waals surface area contributed by atoms with Gasteiger partial charge in [0.15, 0.2) is 5.78 Å². The van der Waals surface area contributed by atoms with Crippen LogP contribution in [0.2, 0.25) is 0 Å². The Balaban J connectivity index is 1.22. The molecule has 6 atom stereocenters. The lowest BCUT2D eigenvalue weighted by atomic mass is 9.87. The summed E-state index contributed by atoms with van der Waals surface area (Å²) in [5.41, 5.74) is -2.94. The number of sulfonamides is 1. The van der Waals surface area contributed by atoms with Crippen molar-refractivity contribution in [2.75, 3.05) is 19.6 Å². The molecule has 19 heteroatoms. The predicted octanol–water partition coefficient (Wildman–Crippen LogP) is 4.02. The summed E-state index contributed by atoms with van der Waals surface area (Å²) in [6.45, 7) is 4.10. The van der Waals surface area contributed by atoms with Crippen LogP contribution in [-0.4, -0.2) is 106 Å². The van der Waals surface area contributed by atoms with E-state index in [1.807, 2.05) is 19.9 Å². The molecular weight excluding hydrogens is 796 g/mol. The number of fused-ring (bicyclic) bond motifs is 3. The van der Waals surface area contributed by atoms with E-state index >= 15 is 0 Å². The minimum absolute atomic E-state index is 0.0182. The zero-order chi connectivity index (χ0) is 42.3. The van der Waals surface area contributed by atoms with Crippen molar-refractivity contribution in [1.29, 1.82) is 0 Å². The fourth-order valence-corrected chi connectivity index (χ4v) is 9.93. The zero-order valence-corrected chi connectivity index (χ0v) is 33.8. The lowest BCUT2D eigenvalue weighted by Crippen LogP contribution is -2.57. The van der Waals surface area contributed by atoms with Gasteiger partial charge in [-0.25, -0.2) is 23.2 Å². The van der Waals surface area contributed by atoms with Crippen LogP contribution in [-0.2, 0) is 35.4 Å². The smallest absolute Gasteiger partial charge is 0.438 e. The summed E-state index contributed by atoms with van der Waals surface area (Å²) >= 11 is 0. The molecule has 1 aromatic carbocycles. The average molecular weight is 846 g/mol. The largest absolute Gasteiger partial charge is 0.471 e. The summed E-state index contributed by atoms with van der Waals surface area (Å²) < 4.78 is 76.9. The lowest BCUT2D eigenvalue weighted by molar-refractivity contribution is -0.144. The number of aromatic nitrogens is 2. The van der Waals surface area contributed by atoms with E-state index in [0.29, 0.717) is 58.0 Å². The quantitative estimate of drug-likeness (QED) is 0.294. The maximum absolute atomic E-state index is 14.8. The summed E-state index contributed by atoms with van der Waals surface area (Å²) in [6, 6.07) is 3.35. The van der Waals surface area contributed by atoms with E-state index in [4.69, 9.17) is 4.74 Å². The highest BCUT2D eigenvalue weighted by molar-refractivity contribution is 7.91. The normalized spacial score (nSPS) is 28.1. The van der Waals surface area contributed by atoms with Crippen LogP contribution in [0, 0.1) is 17.8 Å². The van der Waals surface area contributed by atoms with Crippen LogP contribution in [0.5, 0.6) is 5.88 Å². The Kier molecular flexibility index (Phi) is 12.0. The van der Waals surface area contributed by atoms with Crippen LogP contribution in [0.15, 0.2) is 36.4 Å². The number of Topliss-reactive ketones (excluding diaryl/α,β-unsaturated/α-hetero) is 1. The van der Waals surface area contributed by atoms with Gasteiger partial charge in [-0.15, -0.1) is 0 Å². The molecule has 3 aliphatic heterocycles. The number of carbonyl (C=O) groups is 5. The van der Waals surface area contributed by atoms with Gasteiger partial charge in [-0.2, -0.15) is 13.2 Å². The second-order valence-electron chi connectivity index (χ2n) is 16.7. The molecule has 2 saturated heterocycles.